The third-order valence-electron chi connectivity index (χ3n) is 3.08. The maximum atomic E-state index is 11.7. The summed E-state index contributed by atoms with van der Waals surface area (Å²) in [6, 6.07) is 15.5. The zero-order valence-corrected chi connectivity index (χ0v) is 15.0. The van der Waals surface area contributed by atoms with E-state index in [1.54, 1.807) is 29.2 Å². The molecule has 0 aliphatic carbocycles. The molecular formula is C18H14ClNO2S2. The van der Waals surface area contributed by atoms with Crippen LogP contribution in [-0.2, 0) is 9.53 Å². The van der Waals surface area contributed by atoms with Gasteiger partial charge in [-0.2, -0.15) is 0 Å². The molecule has 0 N–H and O–H groups in total. The third kappa shape index (κ3) is 4.84. The van der Waals surface area contributed by atoms with Gasteiger partial charge in [0.15, 0.2) is 0 Å². The van der Waals surface area contributed by atoms with E-state index >= 15 is 0 Å². The fraction of sp³-hybridized carbons (Fsp3) is 0.111. The molecule has 0 aliphatic rings. The Balaban J connectivity index is 1.44. The quantitative estimate of drug-likeness (QED) is 0.254. The summed E-state index contributed by atoms with van der Waals surface area (Å²) >= 11 is 9.00. The minimum Gasteiger partial charge on any atom is -0.462 e. The summed E-state index contributed by atoms with van der Waals surface area (Å²) in [5.74, 6) is 0.341. The Morgan fingerprint density at radius 3 is 2.79 bits per heavy atom. The number of thiazole rings is 1. The van der Waals surface area contributed by atoms with Crippen molar-refractivity contribution in [1.29, 1.82) is 0 Å². The first-order valence-corrected chi connectivity index (χ1v) is 9.47. The van der Waals surface area contributed by atoms with Gasteiger partial charge in [0.2, 0.25) is 0 Å². The lowest BCUT2D eigenvalue weighted by Crippen LogP contribution is -2.03. The second-order valence-electron chi connectivity index (χ2n) is 4.82. The minimum atomic E-state index is -0.356. The van der Waals surface area contributed by atoms with Crippen molar-refractivity contribution in [3.05, 3.63) is 64.6 Å². The van der Waals surface area contributed by atoms with Crippen molar-refractivity contribution in [3.8, 4) is 0 Å². The van der Waals surface area contributed by atoms with E-state index in [-0.39, 0.29) is 5.97 Å². The summed E-state index contributed by atoms with van der Waals surface area (Å²) in [6.07, 6.45) is 3.12. The van der Waals surface area contributed by atoms with E-state index in [1.165, 1.54) is 6.08 Å². The first-order chi connectivity index (χ1) is 11.7. The van der Waals surface area contributed by atoms with Crippen LogP contribution in [0.25, 0.3) is 16.3 Å². The summed E-state index contributed by atoms with van der Waals surface area (Å²) < 4.78 is 6.29. The third-order valence-corrected chi connectivity index (χ3v) is 5.31. The van der Waals surface area contributed by atoms with E-state index < -0.39 is 0 Å². The molecular weight excluding hydrogens is 362 g/mol. The highest BCUT2D eigenvalue weighted by atomic mass is 35.5. The van der Waals surface area contributed by atoms with Crippen LogP contribution < -0.4 is 0 Å². The largest absolute Gasteiger partial charge is 0.462 e. The molecule has 0 atom stereocenters. The van der Waals surface area contributed by atoms with E-state index in [1.807, 2.05) is 48.5 Å². The van der Waals surface area contributed by atoms with Crippen LogP contribution in [0, 0.1) is 0 Å². The molecule has 3 rings (SSSR count). The van der Waals surface area contributed by atoms with E-state index in [9.17, 15) is 4.79 Å². The Morgan fingerprint density at radius 2 is 2.00 bits per heavy atom. The van der Waals surface area contributed by atoms with Gasteiger partial charge < -0.3 is 4.74 Å². The lowest BCUT2D eigenvalue weighted by molar-refractivity contribution is -0.137. The lowest BCUT2D eigenvalue weighted by atomic mass is 10.3. The minimum absolute atomic E-state index is 0.356. The molecule has 0 bridgehead atoms. The molecule has 0 unspecified atom stereocenters. The van der Waals surface area contributed by atoms with Crippen LogP contribution in [0.2, 0.25) is 5.02 Å². The predicted octanol–water partition coefficient (Wildman–Crippen LogP) is 5.30. The van der Waals surface area contributed by atoms with Gasteiger partial charge in [-0.15, -0.1) is 23.1 Å². The van der Waals surface area contributed by atoms with Crippen molar-refractivity contribution in [2.75, 3.05) is 12.4 Å². The van der Waals surface area contributed by atoms with Crippen molar-refractivity contribution in [2.24, 2.45) is 0 Å². The Kier molecular flexibility index (Phi) is 5.91. The molecule has 1 heterocycles. The Morgan fingerprint density at radius 1 is 1.21 bits per heavy atom. The van der Waals surface area contributed by atoms with Crippen LogP contribution in [0.5, 0.6) is 0 Å². The van der Waals surface area contributed by atoms with Gasteiger partial charge in [-0.25, -0.2) is 9.78 Å². The number of esters is 1. The molecule has 0 aliphatic heterocycles. The van der Waals surface area contributed by atoms with Crippen LogP contribution in [-0.4, -0.2) is 23.3 Å². The summed E-state index contributed by atoms with van der Waals surface area (Å²) in [4.78, 5) is 17.3. The number of thioether (sulfide) groups is 1. The number of benzene rings is 2. The number of carbonyl (C=O) groups excluding carboxylic acids is 1. The summed E-state index contributed by atoms with van der Waals surface area (Å²) in [6.45, 7) is 0.357. The highest BCUT2D eigenvalue weighted by molar-refractivity contribution is 7.99. The van der Waals surface area contributed by atoms with Crippen LogP contribution in [0.4, 0.5) is 0 Å². The molecule has 24 heavy (non-hydrogen) atoms. The van der Waals surface area contributed by atoms with Gasteiger partial charge in [0, 0.05) is 21.7 Å². The highest BCUT2D eigenvalue weighted by Crippen LogP contribution is 2.22. The normalized spacial score (nSPS) is 11.2. The van der Waals surface area contributed by atoms with Gasteiger partial charge in [-0.3, -0.25) is 0 Å². The van der Waals surface area contributed by atoms with Gasteiger partial charge in [0.05, 0.1) is 10.2 Å². The molecule has 6 heteroatoms. The average Bonchev–Trinajstić information content (AvgIpc) is 3.01. The topological polar surface area (TPSA) is 39.2 Å². The number of hydrogen-bond donors (Lipinski definition) is 0. The van der Waals surface area contributed by atoms with Crippen molar-refractivity contribution in [1.82, 2.24) is 4.98 Å². The fourth-order valence-electron chi connectivity index (χ4n) is 1.98. The Bertz CT molecular complexity index is 826. The molecule has 0 amide bonds. The monoisotopic (exact) mass is 375 g/mol. The molecule has 0 saturated carbocycles. The number of ether oxygens (including phenoxy) is 1. The van der Waals surface area contributed by atoms with Crippen molar-refractivity contribution < 1.29 is 9.53 Å². The SMILES string of the molecule is O=C(/C=C/c1nc2ccccc2s1)OCCSc1ccc(Cl)cc1. The number of rotatable bonds is 6. The van der Waals surface area contributed by atoms with Crippen LogP contribution in [0.1, 0.15) is 5.01 Å². The van der Waals surface area contributed by atoms with E-state index in [0.717, 1.165) is 20.1 Å². The second-order valence-corrected chi connectivity index (χ2v) is 7.49. The molecule has 2 aromatic carbocycles. The van der Waals surface area contributed by atoms with Crippen LogP contribution >= 0.6 is 34.7 Å². The zero-order chi connectivity index (χ0) is 16.8. The van der Waals surface area contributed by atoms with Crippen molar-refractivity contribution in [3.63, 3.8) is 0 Å². The standard InChI is InChI=1S/C18H14ClNO2S2/c19-13-5-7-14(8-6-13)23-12-11-22-18(21)10-9-17-20-15-3-1-2-4-16(15)24-17/h1-10H,11-12H2/b10-9+. The summed E-state index contributed by atoms with van der Waals surface area (Å²) in [7, 11) is 0. The van der Waals surface area contributed by atoms with Gasteiger partial charge in [-0.1, -0.05) is 23.7 Å². The fourth-order valence-corrected chi connectivity index (χ4v) is 3.71. The maximum absolute atomic E-state index is 11.7. The van der Waals surface area contributed by atoms with Crippen LogP contribution in [0.3, 0.4) is 0 Å². The molecule has 0 saturated heterocycles. The molecule has 0 spiro atoms. The molecule has 3 nitrogen and oxygen atoms in total. The number of halogens is 1. The van der Waals surface area contributed by atoms with Gasteiger partial charge >= 0.3 is 5.97 Å². The number of para-hydroxylation sites is 1. The van der Waals surface area contributed by atoms with Crippen molar-refractivity contribution >= 4 is 57.0 Å². The highest BCUT2D eigenvalue weighted by Gasteiger charge is 2.02. The number of fused-ring (bicyclic) bond motifs is 1. The number of nitrogens with zero attached hydrogens (tertiary/aromatic N) is 1. The van der Waals surface area contributed by atoms with Gasteiger partial charge in [0.1, 0.15) is 11.6 Å². The van der Waals surface area contributed by atoms with Gasteiger partial charge in [-0.05, 0) is 42.5 Å². The Labute approximate surface area is 153 Å². The van der Waals surface area contributed by atoms with E-state index in [0.29, 0.717) is 17.4 Å². The molecule has 0 fully saturated rings. The van der Waals surface area contributed by atoms with Crippen LogP contribution in [0.15, 0.2) is 59.5 Å². The predicted molar refractivity (Wildman–Crippen MR) is 102 cm³/mol. The zero-order valence-electron chi connectivity index (χ0n) is 12.6. The van der Waals surface area contributed by atoms with Gasteiger partial charge in [0.25, 0.3) is 0 Å². The number of carbonyl (C=O) groups is 1. The Hall–Kier alpha value is -1.82. The smallest absolute Gasteiger partial charge is 0.330 e. The van der Waals surface area contributed by atoms with E-state index in [4.69, 9.17) is 16.3 Å². The number of hydrogen-bond acceptors (Lipinski definition) is 5. The molecule has 122 valence electrons. The lowest BCUT2D eigenvalue weighted by Gasteiger charge is -2.02. The number of aromatic nitrogens is 1. The molecule has 0 radical (unpaired) electrons. The summed E-state index contributed by atoms with van der Waals surface area (Å²) in [5.41, 5.74) is 0.940. The average molecular weight is 376 g/mol. The first-order valence-electron chi connectivity index (χ1n) is 7.29. The second kappa shape index (κ2) is 8.33. The summed E-state index contributed by atoms with van der Waals surface area (Å²) in [5, 5.41) is 1.51. The maximum Gasteiger partial charge on any atom is 0.330 e. The van der Waals surface area contributed by atoms with E-state index in [2.05, 4.69) is 4.98 Å². The molecule has 3 aromatic rings. The van der Waals surface area contributed by atoms with Crippen molar-refractivity contribution in [2.45, 2.75) is 4.90 Å². The first kappa shape index (κ1) is 17.0. The molecule has 1 aromatic heterocycles.